The molecular weight excluding hydrogens is 276 g/mol. The van der Waals surface area contributed by atoms with Gasteiger partial charge in [0, 0.05) is 31.1 Å². The highest BCUT2D eigenvalue weighted by molar-refractivity contribution is 7.99. The molecule has 20 heavy (non-hydrogen) atoms. The Hall–Kier alpha value is -1.27. The Morgan fingerprint density at radius 1 is 1.45 bits per heavy atom. The van der Waals surface area contributed by atoms with Gasteiger partial charge in [0.25, 0.3) is 5.91 Å². The highest BCUT2D eigenvalue weighted by atomic mass is 32.2. The molecule has 2 atom stereocenters. The molecule has 2 unspecified atom stereocenters. The predicted octanol–water partition coefficient (Wildman–Crippen LogP) is 1.17. The molecule has 3 heterocycles. The van der Waals surface area contributed by atoms with Crippen molar-refractivity contribution in [1.29, 1.82) is 0 Å². The van der Waals surface area contributed by atoms with Crippen LogP contribution in [0.2, 0.25) is 0 Å². The van der Waals surface area contributed by atoms with E-state index in [1.165, 1.54) is 0 Å². The van der Waals surface area contributed by atoms with Gasteiger partial charge in [-0.1, -0.05) is 0 Å². The highest BCUT2D eigenvalue weighted by Crippen LogP contribution is 2.22. The maximum Gasteiger partial charge on any atom is 0.255 e. The maximum absolute atomic E-state index is 12.2. The molecule has 6 heteroatoms. The van der Waals surface area contributed by atoms with Crippen molar-refractivity contribution < 1.29 is 14.6 Å². The lowest BCUT2D eigenvalue weighted by molar-refractivity contribution is 0.0764. The quantitative estimate of drug-likeness (QED) is 0.907. The molecule has 0 saturated carbocycles. The largest absolute Gasteiger partial charge is 0.473 e. The number of β-amino-alcohol motifs (C(OH)–C–C–N with tert-alkyl or cyclic N) is 1. The summed E-state index contributed by atoms with van der Waals surface area (Å²) in [6.45, 7) is 1.02. The topological polar surface area (TPSA) is 62.7 Å². The summed E-state index contributed by atoms with van der Waals surface area (Å²) < 4.78 is 5.76. The number of pyridine rings is 1. The molecule has 2 aliphatic heterocycles. The zero-order chi connectivity index (χ0) is 13.9. The van der Waals surface area contributed by atoms with Gasteiger partial charge in [0.05, 0.1) is 11.7 Å². The van der Waals surface area contributed by atoms with Crippen molar-refractivity contribution in [3.8, 4) is 5.88 Å². The first kappa shape index (κ1) is 13.7. The molecule has 1 aromatic rings. The van der Waals surface area contributed by atoms with Gasteiger partial charge >= 0.3 is 0 Å². The molecular formula is C14H18N2O3S. The molecule has 0 spiro atoms. The Morgan fingerprint density at radius 3 is 2.95 bits per heavy atom. The van der Waals surface area contributed by atoms with Crippen LogP contribution in [0, 0.1) is 0 Å². The second-order valence-electron chi connectivity index (χ2n) is 5.18. The smallest absolute Gasteiger partial charge is 0.255 e. The van der Waals surface area contributed by atoms with E-state index >= 15 is 0 Å². The van der Waals surface area contributed by atoms with Gasteiger partial charge in [0.15, 0.2) is 0 Å². The molecule has 1 N–H and O–H groups in total. The summed E-state index contributed by atoms with van der Waals surface area (Å²) in [6, 6.07) is 3.50. The molecule has 3 rings (SSSR count). The first-order chi connectivity index (χ1) is 9.72. The summed E-state index contributed by atoms with van der Waals surface area (Å²) in [5.74, 6) is 2.65. The third-order valence-electron chi connectivity index (χ3n) is 3.61. The number of aliphatic hydroxyl groups excluding tert-OH is 1. The normalized spacial score (nSPS) is 25.9. The first-order valence-corrected chi connectivity index (χ1v) is 8.05. The number of hydrogen-bond acceptors (Lipinski definition) is 5. The molecule has 2 fully saturated rings. The standard InChI is InChI=1S/C14H18N2O3S/c17-11-3-5-16(8-11)14(18)10-1-2-13(15-7-10)19-12-4-6-20-9-12/h1-2,7,11-12,17H,3-6,8-9H2. The van der Waals surface area contributed by atoms with Crippen molar-refractivity contribution in [2.45, 2.75) is 25.0 Å². The number of aromatic nitrogens is 1. The fraction of sp³-hybridized carbons (Fsp3) is 0.571. The monoisotopic (exact) mass is 294 g/mol. The zero-order valence-electron chi connectivity index (χ0n) is 11.2. The molecule has 5 nitrogen and oxygen atoms in total. The van der Waals surface area contributed by atoms with Gasteiger partial charge in [-0.25, -0.2) is 4.98 Å². The second-order valence-corrected chi connectivity index (χ2v) is 6.33. The lowest BCUT2D eigenvalue weighted by Crippen LogP contribution is -2.29. The van der Waals surface area contributed by atoms with Crippen molar-refractivity contribution >= 4 is 17.7 Å². The number of aliphatic hydroxyl groups is 1. The minimum atomic E-state index is -0.394. The van der Waals surface area contributed by atoms with Crippen LogP contribution in [-0.2, 0) is 0 Å². The first-order valence-electron chi connectivity index (χ1n) is 6.90. The molecule has 0 radical (unpaired) electrons. The minimum absolute atomic E-state index is 0.0722. The number of nitrogens with zero attached hydrogens (tertiary/aromatic N) is 2. The van der Waals surface area contributed by atoms with Crippen LogP contribution in [0.3, 0.4) is 0 Å². The van der Waals surface area contributed by atoms with Crippen LogP contribution in [0.5, 0.6) is 5.88 Å². The van der Waals surface area contributed by atoms with Crippen LogP contribution < -0.4 is 4.74 Å². The Morgan fingerprint density at radius 2 is 2.35 bits per heavy atom. The number of hydrogen-bond donors (Lipinski definition) is 1. The fourth-order valence-electron chi connectivity index (χ4n) is 2.46. The Balaban J connectivity index is 1.61. The number of amides is 1. The van der Waals surface area contributed by atoms with E-state index in [1.54, 1.807) is 23.2 Å². The number of thioether (sulfide) groups is 1. The molecule has 2 aliphatic rings. The van der Waals surface area contributed by atoms with Crippen molar-refractivity contribution in [3.63, 3.8) is 0 Å². The Bertz CT molecular complexity index is 474. The van der Waals surface area contributed by atoms with Crippen LogP contribution >= 0.6 is 11.8 Å². The van der Waals surface area contributed by atoms with Gasteiger partial charge in [-0.3, -0.25) is 4.79 Å². The van der Waals surface area contributed by atoms with Crippen LogP contribution in [0.1, 0.15) is 23.2 Å². The predicted molar refractivity (Wildman–Crippen MR) is 77.1 cm³/mol. The number of carbonyl (C=O) groups is 1. The average Bonchev–Trinajstić information content (AvgIpc) is 3.10. The maximum atomic E-state index is 12.2. The van der Waals surface area contributed by atoms with E-state index in [9.17, 15) is 9.90 Å². The Kier molecular flexibility index (Phi) is 4.12. The van der Waals surface area contributed by atoms with E-state index < -0.39 is 6.10 Å². The summed E-state index contributed by atoms with van der Waals surface area (Å²) in [7, 11) is 0. The molecule has 0 bridgehead atoms. The van der Waals surface area contributed by atoms with Crippen LogP contribution in [-0.4, -0.2) is 57.7 Å². The lowest BCUT2D eigenvalue weighted by Gasteiger charge is -2.16. The third-order valence-corrected chi connectivity index (χ3v) is 4.74. The molecule has 2 saturated heterocycles. The molecule has 108 valence electrons. The summed E-state index contributed by atoms with van der Waals surface area (Å²) >= 11 is 1.89. The lowest BCUT2D eigenvalue weighted by atomic mass is 10.2. The number of carbonyl (C=O) groups excluding carboxylic acids is 1. The number of likely N-dealkylation sites (tertiary alicyclic amines) is 1. The number of rotatable bonds is 3. The van der Waals surface area contributed by atoms with Gasteiger partial charge < -0.3 is 14.7 Å². The molecule has 1 amide bonds. The van der Waals surface area contributed by atoms with Crippen LogP contribution in [0.15, 0.2) is 18.3 Å². The van der Waals surface area contributed by atoms with E-state index in [0.29, 0.717) is 31.0 Å². The van der Waals surface area contributed by atoms with Crippen molar-refractivity contribution in [2.75, 3.05) is 24.6 Å². The average molecular weight is 294 g/mol. The van der Waals surface area contributed by atoms with E-state index in [1.807, 2.05) is 11.8 Å². The van der Waals surface area contributed by atoms with E-state index in [-0.39, 0.29) is 12.0 Å². The van der Waals surface area contributed by atoms with Crippen molar-refractivity contribution in [2.24, 2.45) is 0 Å². The minimum Gasteiger partial charge on any atom is -0.473 e. The van der Waals surface area contributed by atoms with E-state index in [4.69, 9.17) is 4.74 Å². The third kappa shape index (κ3) is 3.07. The summed E-state index contributed by atoms with van der Waals surface area (Å²) in [5, 5.41) is 9.47. The SMILES string of the molecule is O=C(c1ccc(OC2CCSC2)nc1)N1CCC(O)C1. The van der Waals surface area contributed by atoms with Gasteiger partial charge in [0.2, 0.25) is 5.88 Å². The van der Waals surface area contributed by atoms with Crippen molar-refractivity contribution in [1.82, 2.24) is 9.88 Å². The fourth-order valence-corrected chi connectivity index (χ4v) is 3.56. The number of ether oxygens (including phenoxy) is 1. The van der Waals surface area contributed by atoms with Gasteiger partial charge in [-0.15, -0.1) is 0 Å². The second kappa shape index (κ2) is 6.01. The molecule has 1 aromatic heterocycles. The summed E-state index contributed by atoms with van der Waals surface area (Å²) in [6.07, 6.45) is 3.11. The van der Waals surface area contributed by atoms with Crippen LogP contribution in [0.4, 0.5) is 0 Å². The Labute approximate surface area is 122 Å². The molecule has 0 aliphatic carbocycles. The van der Waals surface area contributed by atoms with Crippen molar-refractivity contribution in [3.05, 3.63) is 23.9 Å². The van der Waals surface area contributed by atoms with Gasteiger partial charge in [-0.2, -0.15) is 11.8 Å². The summed E-state index contributed by atoms with van der Waals surface area (Å²) in [4.78, 5) is 18.1. The molecule has 0 aromatic carbocycles. The zero-order valence-corrected chi connectivity index (χ0v) is 12.0. The summed E-state index contributed by atoms with van der Waals surface area (Å²) in [5.41, 5.74) is 0.548. The van der Waals surface area contributed by atoms with Crippen LogP contribution in [0.25, 0.3) is 0 Å². The van der Waals surface area contributed by atoms with Gasteiger partial charge in [0.1, 0.15) is 6.10 Å². The van der Waals surface area contributed by atoms with Gasteiger partial charge in [-0.05, 0) is 24.7 Å². The van der Waals surface area contributed by atoms with E-state index in [0.717, 1.165) is 17.9 Å². The van der Waals surface area contributed by atoms with E-state index in [2.05, 4.69) is 4.98 Å². The highest BCUT2D eigenvalue weighted by Gasteiger charge is 2.25.